The van der Waals surface area contributed by atoms with Gasteiger partial charge in [0.15, 0.2) is 5.79 Å². The quantitative estimate of drug-likeness (QED) is 0.0499. The maximum atomic E-state index is 13.3. The van der Waals surface area contributed by atoms with Gasteiger partial charge in [-0.25, -0.2) is 4.79 Å². The maximum absolute atomic E-state index is 13.3. The Balaban J connectivity index is 1.84. The molecule has 2 rings (SSSR count). The summed E-state index contributed by atoms with van der Waals surface area (Å²) < 4.78 is 149. The first-order valence-corrected chi connectivity index (χ1v) is 16.5. The summed E-state index contributed by atoms with van der Waals surface area (Å²) in [6.45, 7) is 4.17. The lowest BCUT2D eigenvalue weighted by Crippen LogP contribution is -2.45. The Morgan fingerprint density at radius 3 is 1.75 bits per heavy atom. The molecule has 0 aromatic heterocycles. The van der Waals surface area contributed by atoms with E-state index in [-0.39, 0.29) is 37.5 Å². The predicted octanol–water partition coefficient (Wildman–Crippen LogP) is 9.19. The van der Waals surface area contributed by atoms with Crippen LogP contribution in [0.25, 0.3) is 6.08 Å². The normalized spacial score (nSPS) is 18.2. The number of rotatable bonds is 19. The smallest absolute Gasteiger partial charge is 0.453 e. The van der Waals surface area contributed by atoms with Crippen LogP contribution in [0.4, 0.5) is 43.9 Å². The SMILES string of the molecule is CCC(C)(C)C(=O)NC1CCC(OC(=O)/C=C/c2ccc(OCCCC(C)(OCCC(F)(F)C(F)(F)F)OCCC(F)(F)C(F)(F)F)cc2)CC1. The zero-order valence-corrected chi connectivity index (χ0v) is 28.8. The molecule has 1 amide bonds. The van der Waals surface area contributed by atoms with E-state index < -0.39 is 67.4 Å². The van der Waals surface area contributed by atoms with E-state index in [0.717, 1.165) is 6.92 Å². The highest BCUT2D eigenvalue weighted by Gasteiger charge is 2.58. The van der Waals surface area contributed by atoms with Gasteiger partial charge in [-0.3, -0.25) is 4.79 Å². The van der Waals surface area contributed by atoms with Crippen LogP contribution < -0.4 is 10.1 Å². The van der Waals surface area contributed by atoms with Gasteiger partial charge in [-0.05, 0) is 69.2 Å². The highest BCUT2D eigenvalue weighted by Crippen LogP contribution is 2.40. The Morgan fingerprint density at radius 1 is 0.765 bits per heavy atom. The molecule has 0 aliphatic heterocycles. The molecule has 51 heavy (non-hydrogen) atoms. The summed E-state index contributed by atoms with van der Waals surface area (Å²) in [4.78, 5) is 24.8. The van der Waals surface area contributed by atoms with Gasteiger partial charge < -0.3 is 24.3 Å². The van der Waals surface area contributed by atoms with E-state index in [1.165, 1.54) is 12.2 Å². The lowest BCUT2D eigenvalue weighted by molar-refractivity contribution is -0.305. The van der Waals surface area contributed by atoms with E-state index in [9.17, 15) is 53.5 Å². The second kappa shape index (κ2) is 18.1. The largest absolute Gasteiger partial charge is 0.494 e. The Labute approximate surface area is 290 Å². The highest BCUT2D eigenvalue weighted by molar-refractivity contribution is 5.87. The van der Waals surface area contributed by atoms with E-state index in [2.05, 4.69) is 5.32 Å². The Kier molecular flexibility index (Phi) is 15.7. The summed E-state index contributed by atoms with van der Waals surface area (Å²) in [7, 11) is 0. The molecule has 0 heterocycles. The van der Waals surface area contributed by atoms with E-state index in [0.29, 0.717) is 43.4 Å². The number of halogens is 10. The minimum atomic E-state index is -5.88. The van der Waals surface area contributed by atoms with Crippen molar-refractivity contribution < 1.29 is 72.4 Å². The van der Waals surface area contributed by atoms with Gasteiger partial charge >= 0.3 is 30.2 Å². The van der Waals surface area contributed by atoms with Gasteiger partial charge in [0.25, 0.3) is 0 Å². The van der Waals surface area contributed by atoms with Crippen molar-refractivity contribution in [2.45, 2.75) is 128 Å². The van der Waals surface area contributed by atoms with Gasteiger partial charge in [0.05, 0.1) is 19.8 Å². The first-order valence-electron chi connectivity index (χ1n) is 16.5. The molecule has 7 nitrogen and oxygen atoms in total. The fourth-order valence-corrected chi connectivity index (χ4v) is 4.75. The maximum Gasteiger partial charge on any atom is 0.453 e. The molecule has 0 radical (unpaired) electrons. The molecule has 0 spiro atoms. The minimum absolute atomic E-state index is 0.00161. The lowest BCUT2D eigenvalue weighted by Gasteiger charge is -2.32. The standard InChI is InChI=1S/C34H45F10NO6/c1-5-29(2,3)28(47)45-24-10-14-26(15-11-24)51-27(46)16-9-23-7-12-25(13-8-23)48-20-6-17-30(4,49-21-18-31(35,36)33(39,40)41)50-22-19-32(37,38)34(42,43)44/h7-9,12-13,16,24,26H,5-6,10-11,14-15,17-22H2,1-4H3,(H,45,47)/b16-9+. The Bertz CT molecular complexity index is 1240. The monoisotopic (exact) mass is 753 g/mol. The molecular formula is C34H45F10NO6. The number of hydrogen-bond donors (Lipinski definition) is 1. The van der Waals surface area contributed by atoms with Crippen molar-refractivity contribution in [2.75, 3.05) is 19.8 Å². The van der Waals surface area contributed by atoms with Crippen molar-refractivity contribution in [2.24, 2.45) is 5.41 Å². The van der Waals surface area contributed by atoms with Crippen LogP contribution in [0.3, 0.4) is 0 Å². The van der Waals surface area contributed by atoms with Crippen LogP contribution in [-0.4, -0.2) is 73.8 Å². The fourth-order valence-electron chi connectivity index (χ4n) is 4.75. The number of alkyl halides is 10. The second-order valence-electron chi connectivity index (χ2n) is 13.2. The van der Waals surface area contributed by atoms with Crippen LogP contribution in [0.2, 0.25) is 0 Å². The van der Waals surface area contributed by atoms with Crippen LogP contribution in [0, 0.1) is 5.41 Å². The molecule has 292 valence electrons. The summed E-state index contributed by atoms with van der Waals surface area (Å²) in [5, 5.41) is 3.07. The molecule has 0 unspecified atom stereocenters. The van der Waals surface area contributed by atoms with E-state index >= 15 is 0 Å². The average molecular weight is 754 g/mol. The third-order valence-corrected chi connectivity index (χ3v) is 8.60. The summed E-state index contributed by atoms with van der Waals surface area (Å²) in [5.41, 5.74) is 0.161. The van der Waals surface area contributed by atoms with E-state index in [4.69, 9.17) is 18.9 Å². The first kappa shape index (κ1) is 44.1. The van der Waals surface area contributed by atoms with Crippen LogP contribution in [0.15, 0.2) is 30.3 Å². The van der Waals surface area contributed by atoms with Crippen molar-refractivity contribution in [1.82, 2.24) is 5.32 Å². The van der Waals surface area contributed by atoms with Crippen molar-refractivity contribution >= 4 is 18.0 Å². The van der Waals surface area contributed by atoms with Crippen molar-refractivity contribution in [3.8, 4) is 5.75 Å². The van der Waals surface area contributed by atoms with Crippen LogP contribution in [0.1, 0.15) is 91.0 Å². The number of nitrogens with one attached hydrogen (secondary N) is 1. The van der Waals surface area contributed by atoms with Gasteiger partial charge in [-0.2, -0.15) is 43.9 Å². The molecule has 0 atom stereocenters. The van der Waals surface area contributed by atoms with Gasteiger partial charge in [-0.15, -0.1) is 0 Å². The first-order chi connectivity index (χ1) is 23.4. The highest BCUT2D eigenvalue weighted by atomic mass is 19.4. The van der Waals surface area contributed by atoms with Crippen LogP contribution >= 0.6 is 0 Å². The lowest BCUT2D eigenvalue weighted by atomic mass is 9.87. The molecule has 1 aliphatic rings. The Hall–Kier alpha value is -3.08. The van der Waals surface area contributed by atoms with Crippen LogP contribution in [-0.2, 0) is 23.8 Å². The molecule has 0 bridgehead atoms. The van der Waals surface area contributed by atoms with Gasteiger partial charge in [-0.1, -0.05) is 32.9 Å². The molecule has 1 aliphatic carbocycles. The summed E-state index contributed by atoms with van der Waals surface area (Å²) in [5.74, 6) is -12.6. The summed E-state index contributed by atoms with van der Waals surface area (Å²) >= 11 is 0. The predicted molar refractivity (Wildman–Crippen MR) is 166 cm³/mol. The third-order valence-electron chi connectivity index (χ3n) is 8.60. The van der Waals surface area contributed by atoms with E-state index in [1.807, 2.05) is 20.8 Å². The number of hydrogen-bond acceptors (Lipinski definition) is 6. The van der Waals surface area contributed by atoms with E-state index in [1.54, 1.807) is 24.3 Å². The molecule has 1 N–H and O–H groups in total. The minimum Gasteiger partial charge on any atom is -0.494 e. The third kappa shape index (κ3) is 14.5. The number of esters is 1. The number of amides is 1. The number of ether oxygens (including phenoxy) is 4. The molecule has 1 fully saturated rings. The molecule has 17 heteroatoms. The fraction of sp³-hybridized carbons (Fsp3) is 0.706. The Morgan fingerprint density at radius 2 is 1.27 bits per heavy atom. The van der Waals surface area contributed by atoms with Crippen LogP contribution in [0.5, 0.6) is 5.75 Å². The zero-order chi connectivity index (χ0) is 38.7. The van der Waals surface area contributed by atoms with Crippen molar-refractivity contribution in [3.63, 3.8) is 0 Å². The topological polar surface area (TPSA) is 83.1 Å². The summed E-state index contributed by atoms with van der Waals surface area (Å²) in [6.07, 6.45) is -9.92. The molecular weight excluding hydrogens is 708 g/mol. The second-order valence-corrected chi connectivity index (χ2v) is 13.2. The van der Waals surface area contributed by atoms with Crippen molar-refractivity contribution in [3.05, 3.63) is 35.9 Å². The zero-order valence-electron chi connectivity index (χ0n) is 28.8. The molecule has 1 aromatic carbocycles. The van der Waals surface area contributed by atoms with Gasteiger partial charge in [0, 0.05) is 36.8 Å². The van der Waals surface area contributed by atoms with Gasteiger partial charge in [0.2, 0.25) is 5.91 Å². The number of benzene rings is 1. The van der Waals surface area contributed by atoms with Gasteiger partial charge in [0.1, 0.15) is 11.9 Å². The molecule has 1 saturated carbocycles. The van der Waals surface area contributed by atoms with Crippen molar-refractivity contribution in [1.29, 1.82) is 0 Å². The average Bonchev–Trinajstić information content (AvgIpc) is 3.02. The number of carbonyl (C=O) groups is 2. The molecule has 0 saturated heterocycles. The number of carbonyl (C=O) groups excluding carboxylic acids is 2. The molecule has 1 aromatic rings. The summed E-state index contributed by atoms with van der Waals surface area (Å²) in [6, 6.07) is 6.35.